The van der Waals surface area contributed by atoms with Crippen LogP contribution in [0.15, 0.2) is 24.3 Å². The minimum Gasteiger partial charge on any atom is -0.406 e. The zero-order valence-corrected chi connectivity index (χ0v) is 12.4. The smallest absolute Gasteiger partial charge is 0.406 e. The lowest BCUT2D eigenvalue weighted by molar-refractivity contribution is -0.274. The first-order chi connectivity index (χ1) is 10.8. The standard InChI is InChI=1S/C16H18F3NO3/c17-16(18,19)23-11-3-1-10(2-4-11)12-7-13(12)14(22)20-8-15(9-21)5-6-15/h1-4,12-13,21H,5-9H2,(H,20,22). The maximum atomic E-state index is 12.1. The minimum absolute atomic E-state index is 0.0409. The van der Waals surface area contributed by atoms with Gasteiger partial charge >= 0.3 is 6.36 Å². The van der Waals surface area contributed by atoms with Crippen molar-refractivity contribution in [1.82, 2.24) is 5.32 Å². The molecule has 2 saturated carbocycles. The third kappa shape index (κ3) is 3.96. The summed E-state index contributed by atoms with van der Waals surface area (Å²) in [5.41, 5.74) is 0.708. The maximum absolute atomic E-state index is 12.1. The van der Waals surface area contributed by atoms with Gasteiger partial charge in [-0.2, -0.15) is 0 Å². The van der Waals surface area contributed by atoms with Crippen LogP contribution in [-0.2, 0) is 4.79 Å². The van der Waals surface area contributed by atoms with Gasteiger partial charge in [0.1, 0.15) is 5.75 Å². The van der Waals surface area contributed by atoms with Crippen molar-refractivity contribution in [2.45, 2.75) is 31.5 Å². The Kier molecular flexibility index (Phi) is 4.00. The topological polar surface area (TPSA) is 58.6 Å². The molecule has 2 unspecified atom stereocenters. The van der Waals surface area contributed by atoms with Gasteiger partial charge in [0.15, 0.2) is 0 Å². The molecule has 0 aliphatic heterocycles. The van der Waals surface area contributed by atoms with E-state index in [0.717, 1.165) is 18.4 Å². The number of carbonyl (C=O) groups is 1. The molecule has 126 valence electrons. The van der Waals surface area contributed by atoms with Crippen molar-refractivity contribution in [2.75, 3.05) is 13.2 Å². The Labute approximate surface area is 131 Å². The number of amides is 1. The lowest BCUT2D eigenvalue weighted by atomic mass is 10.1. The van der Waals surface area contributed by atoms with Gasteiger partial charge in [0.2, 0.25) is 5.91 Å². The van der Waals surface area contributed by atoms with Gasteiger partial charge in [0.25, 0.3) is 0 Å². The van der Waals surface area contributed by atoms with E-state index in [-0.39, 0.29) is 35.5 Å². The maximum Gasteiger partial charge on any atom is 0.573 e. The molecule has 3 rings (SSSR count). The molecule has 1 aromatic carbocycles. The van der Waals surface area contributed by atoms with Crippen molar-refractivity contribution in [3.05, 3.63) is 29.8 Å². The fourth-order valence-corrected chi connectivity index (χ4v) is 2.74. The molecule has 0 spiro atoms. The Morgan fingerprint density at radius 1 is 1.30 bits per heavy atom. The number of rotatable bonds is 6. The van der Waals surface area contributed by atoms with E-state index in [1.54, 1.807) is 12.1 Å². The molecule has 4 nitrogen and oxygen atoms in total. The van der Waals surface area contributed by atoms with E-state index in [0.29, 0.717) is 13.0 Å². The Bertz CT molecular complexity index is 581. The third-order valence-corrected chi connectivity index (χ3v) is 4.60. The van der Waals surface area contributed by atoms with E-state index >= 15 is 0 Å². The second-order valence-corrected chi connectivity index (χ2v) is 6.44. The van der Waals surface area contributed by atoms with Gasteiger partial charge < -0.3 is 15.2 Å². The molecule has 2 N–H and O–H groups in total. The van der Waals surface area contributed by atoms with E-state index in [1.165, 1.54) is 12.1 Å². The summed E-state index contributed by atoms with van der Waals surface area (Å²) in [5, 5.41) is 12.1. The van der Waals surface area contributed by atoms with Crippen LogP contribution >= 0.6 is 0 Å². The average molecular weight is 329 g/mol. The van der Waals surface area contributed by atoms with Crippen molar-refractivity contribution >= 4 is 5.91 Å². The quantitative estimate of drug-likeness (QED) is 0.843. The van der Waals surface area contributed by atoms with Crippen LogP contribution in [-0.4, -0.2) is 30.5 Å². The van der Waals surface area contributed by atoms with Crippen molar-refractivity contribution in [3.8, 4) is 5.75 Å². The first-order valence-corrected chi connectivity index (χ1v) is 7.56. The van der Waals surface area contributed by atoms with Crippen LogP contribution in [0.2, 0.25) is 0 Å². The second-order valence-electron chi connectivity index (χ2n) is 6.44. The van der Waals surface area contributed by atoms with Crippen molar-refractivity contribution in [1.29, 1.82) is 0 Å². The SMILES string of the molecule is O=C(NCC1(CO)CC1)C1CC1c1ccc(OC(F)(F)F)cc1. The number of carbonyl (C=O) groups excluding carboxylic acids is 1. The molecule has 0 radical (unpaired) electrons. The fraction of sp³-hybridized carbons (Fsp3) is 0.562. The van der Waals surface area contributed by atoms with Crippen molar-refractivity contribution < 1.29 is 27.8 Å². The number of hydrogen-bond acceptors (Lipinski definition) is 3. The van der Waals surface area contributed by atoms with Crippen LogP contribution in [0, 0.1) is 11.3 Å². The molecule has 23 heavy (non-hydrogen) atoms. The number of halogens is 3. The van der Waals surface area contributed by atoms with Crippen LogP contribution < -0.4 is 10.1 Å². The molecule has 1 amide bonds. The highest BCUT2D eigenvalue weighted by atomic mass is 19.4. The normalized spacial score (nSPS) is 24.9. The number of hydrogen-bond donors (Lipinski definition) is 2. The van der Waals surface area contributed by atoms with Crippen molar-refractivity contribution in [3.63, 3.8) is 0 Å². The predicted molar refractivity (Wildman–Crippen MR) is 75.7 cm³/mol. The largest absolute Gasteiger partial charge is 0.573 e. The third-order valence-electron chi connectivity index (χ3n) is 4.60. The first kappa shape index (κ1) is 16.1. The number of nitrogens with one attached hydrogen (secondary N) is 1. The highest BCUT2D eigenvalue weighted by Gasteiger charge is 2.46. The summed E-state index contributed by atoms with van der Waals surface area (Å²) in [4.78, 5) is 12.1. The molecular weight excluding hydrogens is 311 g/mol. The summed E-state index contributed by atoms with van der Waals surface area (Å²) in [6.45, 7) is 0.575. The molecule has 7 heteroatoms. The number of alkyl halides is 3. The highest BCUT2D eigenvalue weighted by molar-refractivity contribution is 5.83. The molecular formula is C16H18F3NO3. The summed E-state index contributed by atoms with van der Waals surface area (Å²) in [6.07, 6.45) is -2.15. The monoisotopic (exact) mass is 329 g/mol. The zero-order chi connectivity index (χ0) is 16.7. The summed E-state index contributed by atoms with van der Waals surface area (Å²) in [7, 11) is 0. The number of ether oxygens (including phenoxy) is 1. The van der Waals surface area contributed by atoms with Crippen LogP contribution in [0.1, 0.15) is 30.7 Å². The van der Waals surface area contributed by atoms with Gasteiger partial charge in [0, 0.05) is 17.9 Å². The Balaban J connectivity index is 1.50. The summed E-state index contributed by atoms with van der Waals surface area (Å²) >= 11 is 0. The van der Waals surface area contributed by atoms with E-state index in [2.05, 4.69) is 10.1 Å². The molecule has 2 fully saturated rings. The average Bonchev–Trinajstić information content (AvgIpc) is 3.38. The van der Waals surface area contributed by atoms with Crippen LogP contribution in [0.4, 0.5) is 13.2 Å². The van der Waals surface area contributed by atoms with E-state index in [4.69, 9.17) is 0 Å². The number of aliphatic hydroxyl groups excluding tert-OH is 1. The lowest BCUT2D eigenvalue weighted by Crippen LogP contribution is -2.33. The summed E-state index contributed by atoms with van der Waals surface area (Å²) in [6, 6.07) is 5.66. The van der Waals surface area contributed by atoms with E-state index in [1.807, 2.05) is 0 Å². The van der Waals surface area contributed by atoms with Crippen LogP contribution in [0.25, 0.3) is 0 Å². The van der Waals surface area contributed by atoms with Crippen molar-refractivity contribution in [2.24, 2.45) is 11.3 Å². The predicted octanol–water partition coefficient (Wildman–Crippen LogP) is 2.58. The molecule has 1 aromatic rings. The molecule has 0 bridgehead atoms. The fourth-order valence-electron chi connectivity index (χ4n) is 2.74. The molecule has 0 heterocycles. The highest BCUT2D eigenvalue weighted by Crippen LogP contribution is 2.49. The Morgan fingerprint density at radius 2 is 1.96 bits per heavy atom. The van der Waals surface area contributed by atoms with Gasteiger partial charge in [-0.1, -0.05) is 12.1 Å². The van der Waals surface area contributed by atoms with Gasteiger partial charge in [-0.25, -0.2) is 0 Å². The summed E-state index contributed by atoms with van der Waals surface area (Å²) < 4.78 is 40.1. The Morgan fingerprint density at radius 3 is 2.48 bits per heavy atom. The number of aliphatic hydroxyl groups is 1. The van der Waals surface area contributed by atoms with Gasteiger partial charge in [0.05, 0.1) is 6.61 Å². The summed E-state index contributed by atoms with van der Waals surface area (Å²) in [5.74, 6) is -0.412. The zero-order valence-electron chi connectivity index (χ0n) is 12.4. The molecule has 2 aliphatic rings. The van der Waals surface area contributed by atoms with E-state index < -0.39 is 6.36 Å². The Hall–Kier alpha value is -1.76. The van der Waals surface area contributed by atoms with Gasteiger partial charge in [-0.15, -0.1) is 13.2 Å². The number of benzene rings is 1. The molecule has 2 aliphatic carbocycles. The lowest BCUT2D eigenvalue weighted by Gasteiger charge is -2.12. The molecule has 0 aromatic heterocycles. The van der Waals surface area contributed by atoms with Crippen LogP contribution in [0.5, 0.6) is 5.75 Å². The van der Waals surface area contributed by atoms with E-state index in [9.17, 15) is 23.1 Å². The van der Waals surface area contributed by atoms with Gasteiger partial charge in [-0.3, -0.25) is 4.79 Å². The van der Waals surface area contributed by atoms with Gasteiger partial charge in [-0.05, 0) is 42.9 Å². The molecule has 2 atom stereocenters. The second kappa shape index (κ2) is 5.70. The minimum atomic E-state index is -4.70. The molecule has 0 saturated heterocycles. The van der Waals surface area contributed by atoms with Crippen LogP contribution in [0.3, 0.4) is 0 Å². The first-order valence-electron chi connectivity index (χ1n) is 7.56.